The summed E-state index contributed by atoms with van der Waals surface area (Å²) in [6.07, 6.45) is 0. The standard InChI is InChI=1S/C14H14N2O3S/c1-3-19-13(18)12(17)16-14-15-11(8-20-14)10-6-4-9(2)5-7-10/h4-8H,3H2,1-2H3,(H,15,16,17). The molecule has 20 heavy (non-hydrogen) atoms. The minimum atomic E-state index is -0.903. The summed E-state index contributed by atoms with van der Waals surface area (Å²) in [5.74, 6) is -1.71. The van der Waals surface area contributed by atoms with Crippen molar-refractivity contribution in [2.24, 2.45) is 0 Å². The van der Waals surface area contributed by atoms with Crippen molar-refractivity contribution in [2.45, 2.75) is 13.8 Å². The number of anilines is 1. The van der Waals surface area contributed by atoms with Crippen molar-refractivity contribution in [3.8, 4) is 11.3 Å². The Morgan fingerprint density at radius 1 is 1.30 bits per heavy atom. The van der Waals surface area contributed by atoms with Gasteiger partial charge in [0.25, 0.3) is 0 Å². The SMILES string of the molecule is CCOC(=O)C(=O)Nc1nc(-c2ccc(C)cc2)cs1. The summed E-state index contributed by atoms with van der Waals surface area (Å²) in [7, 11) is 0. The molecule has 0 bridgehead atoms. The minimum absolute atomic E-state index is 0.165. The van der Waals surface area contributed by atoms with Crippen LogP contribution >= 0.6 is 11.3 Å². The molecule has 1 aromatic carbocycles. The number of aryl methyl sites for hydroxylation is 1. The number of carbonyl (C=O) groups is 2. The lowest BCUT2D eigenvalue weighted by molar-refractivity contribution is -0.152. The van der Waals surface area contributed by atoms with E-state index in [-0.39, 0.29) is 6.61 Å². The van der Waals surface area contributed by atoms with Gasteiger partial charge in [0.2, 0.25) is 0 Å². The molecule has 2 aromatic rings. The fraction of sp³-hybridized carbons (Fsp3) is 0.214. The smallest absolute Gasteiger partial charge is 0.397 e. The highest BCUT2D eigenvalue weighted by Crippen LogP contribution is 2.25. The maximum Gasteiger partial charge on any atom is 0.397 e. The number of esters is 1. The van der Waals surface area contributed by atoms with Gasteiger partial charge in [0.1, 0.15) is 0 Å². The van der Waals surface area contributed by atoms with Gasteiger partial charge in [-0.2, -0.15) is 0 Å². The van der Waals surface area contributed by atoms with Gasteiger partial charge in [-0.05, 0) is 13.8 Å². The van der Waals surface area contributed by atoms with Crippen molar-refractivity contribution in [3.63, 3.8) is 0 Å². The molecule has 6 heteroatoms. The Hall–Kier alpha value is -2.21. The zero-order valence-electron chi connectivity index (χ0n) is 11.2. The van der Waals surface area contributed by atoms with Gasteiger partial charge in [-0.15, -0.1) is 11.3 Å². The summed E-state index contributed by atoms with van der Waals surface area (Å²) < 4.78 is 4.61. The van der Waals surface area contributed by atoms with E-state index >= 15 is 0 Å². The van der Waals surface area contributed by atoms with E-state index in [1.165, 1.54) is 16.9 Å². The monoisotopic (exact) mass is 290 g/mol. The molecular formula is C14H14N2O3S. The van der Waals surface area contributed by atoms with Gasteiger partial charge in [0, 0.05) is 10.9 Å². The van der Waals surface area contributed by atoms with Crippen LogP contribution < -0.4 is 5.32 Å². The van der Waals surface area contributed by atoms with Crippen molar-refractivity contribution in [1.82, 2.24) is 4.98 Å². The number of nitrogens with zero attached hydrogens (tertiary/aromatic N) is 1. The van der Waals surface area contributed by atoms with Crippen LogP contribution in [0.5, 0.6) is 0 Å². The molecule has 0 aliphatic rings. The number of hydrogen-bond donors (Lipinski definition) is 1. The molecule has 0 spiro atoms. The van der Waals surface area contributed by atoms with Gasteiger partial charge in [-0.3, -0.25) is 10.1 Å². The Morgan fingerprint density at radius 3 is 2.65 bits per heavy atom. The van der Waals surface area contributed by atoms with E-state index in [0.29, 0.717) is 5.13 Å². The highest BCUT2D eigenvalue weighted by molar-refractivity contribution is 7.14. The van der Waals surface area contributed by atoms with Gasteiger partial charge < -0.3 is 4.74 Å². The molecule has 0 atom stereocenters. The average Bonchev–Trinajstić information content (AvgIpc) is 2.88. The lowest BCUT2D eigenvalue weighted by Crippen LogP contribution is -2.24. The zero-order chi connectivity index (χ0) is 14.5. The number of aromatic nitrogens is 1. The highest BCUT2D eigenvalue weighted by Gasteiger charge is 2.16. The quantitative estimate of drug-likeness (QED) is 0.697. The highest BCUT2D eigenvalue weighted by atomic mass is 32.1. The number of hydrogen-bond acceptors (Lipinski definition) is 5. The third-order valence-electron chi connectivity index (χ3n) is 2.53. The molecule has 5 nitrogen and oxygen atoms in total. The van der Waals surface area contributed by atoms with Crippen LogP contribution in [0, 0.1) is 6.92 Å². The molecule has 0 radical (unpaired) electrons. The normalized spacial score (nSPS) is 10.1. The van der Waals surface area contributed by atoms with E-state index in [0.717, 1.165) is 11.3 Å². The first-order valence-corrected chi connectivity index (χ1v) is 6.98. The number of rotatable bonds is 3. The molecule has 104 valence electrons. The first-order chi connectivity index (χ1) is 9.60. The molecule has 1 amide bonds. The molecule has 0 unspecified atom stereocenters. The zero-order valence-corrected chi connectivity index (χ0v) is 12.0. The molecule has 1 N–H and O–H groups in total. The van der Waals surface area contributed by atoms with Crippen molar-refractivity contribution < 1.29 is 14.3 Å². The minimum Gasteiger partial charge on any atom is -0.459 e. The van der Waals surface area contributed by atoms with Crippen molar-refractivity contribution in [2.75, 3.05) is 11.9 Å². The second kappa shape index (κ2) is 6.29. The van der Waals surface area contributed by atoms with E-state index < -0.39 is 11.9 Å². The van der Waals surface area contributed by atoms with Crippen LogP contribution in [0.15, 0.2) is 29.6 Å². The van der Waals surface area contributed by atoms with Crippen LogP contribution in [0.3, 0.4) is 0 Å². The Kier molecular flexibility index (Phi) is 4.47. The average molecular weight is 290 g/mol. The topological polar surface area (TPSA) is 68.3 Å². The molecule has 0 aliphatic carbocycles. The second-order valence-electron chi connectivity index (χ2n) is 4.08. The lowest BCUT2D eigenvalue weighted by Gasteiger charge is -2.00. The summed E-state index contributed by atoms with van der Waals surface area (Å²) >= 11 is 1.26. The molecule has 2 rings (SSSR count). The van der Waals surface area contributed by atoms with Crippen LogP contribution in [-0.4, -0.2) is 23.5 Å². The molecular weight excluding hydrogens is 276 g/mol. The molecule has 1 aromatic heterocycles. The number of amides is 1. The van der Waals surface area contributed by atoms with Crippen LogP contribution in [-0.2, 0) is 14.3 Å². The molecule has 0 saturated heterocycles. The summed E-state index contributed by atoms with van der Waals surface area (Å²) in [6.45, 7) is 3.82. The van der Waals surface area contributed by atoms with Gasteiger partial charge >= 0.3 is 11.9 Å². The fourth-order valence-corrected chi connectivity index (χ4v) is 2.25. The Bertz CT molecular complexity index is 620. The number of benzene rings is 1. The first kappa shape index (κ1) is 14.2. The maximum absolute atomic E-state index is 11.5. The second-order valence-corrected chi connectivity index (χ2v) is 4.94. The Morgan fingerprint density at radius 2 is 2.00 bits per heavy atom. The Labute approximate surface area is 120 Å². The number of nitrogens with one attached hydrogen (secondary N) is 1. The number of ether oxygens (including phenoxy) is 1. The van der Waals surface area contributed by atoms with Gasteiger partial charge in [0.15, 0.2) is 5.13 Å². The fourth-order valence-electron chi connectivity index (χ4n) is 1.53. The summed E-state index contributed by atoms with van der Waals surface area (Å²) in [5.41, 5.74) is 2.89. The van der Waals surface area contributed by atoms with Crippen LogP contribution in [0.2, 0.25) is 0 Å². The largest absolute Gasteiger partial charge is 0.459 e. The third kappa shape index (κ3) is 3.42. The number of thiazole rings is 1. The van der Waals surface area contributed by atoms with E-state index in [2.05, 4.69) is 15.0 Å². The van der Waals surface area contributed by atoms with Gasteiger partial charge in [0.05, 0.1) is 12.3 Å². The van der Waals surface area contributed by atoms with Crippen molar-refractivity contribution >= 4 is 28.3 Å². The maximum atomic E-state index is 11.5. The predicted molar refractivity (Wildman–Crippen MR) is 77.5 cm³/mol. The number of carbonyl (C=O) groups excluding carboxylic acids is 2. The van der Waals surface area contributed by atoms with Crippen LogP contribution in [0.4, 0.5) is 5.13 Å². The van der Waals surface area contributed by atoms with E-state index in [1.807, 2.05) is 36.6 Å². The Balaban J connectivity index is 2.07. The van der Waals surface area contributed by atoms with Gasteiger partial charge in [-0.25, -0.2) is 9.78 Å². The third-order valence-corrected chi connectivity index (χ3v) is 3.29. The van der Waals surface area contributed by atoms with Crippen molar-refractivity contribution in [3.05, 3.63) is 35.2 Å². The van der Waals surface area contributed by atoms with Crippen LogP contribution in [0.1, 0.15) is 12.5 Å². The molecule has 0 aliphatic heterocycles. The summed E-state index contributed by atoms with van der Waals surface area (Å²) in [5, 5.41) is 4.62. The summed E-state index contributed by atoms with van der Waals surface area (Å²) in [6, 6.07) is 7.90. The van der Waals surface area contributed by atoms with E-state index in [1.54, 1.807) is 6.92 Å². The first-order valence-electron chi connectivity index (χ1n) is 6.11. The van der Waals surface area contributed by atoms with E-state index in [9.17, 15) is 9.59 Å². The molecule has 0 saturated carbocycles. The van der Waals surface area contributed by atoms with Gasteiger partial charge in [-0.1, -0.05) is 29.8 Å². The predicted octanol–water partition coefficient (Wildman–Crippen LogP) is 2.62. The molecule has 0 fully saturated rings. The van der Waals surface area contributed by atoms with E-state index in [4.69, 9.17) is 0 Å². The van der Waals surface area contributed by atoms with Crippen molar-refractivity contribution in [1.29, 1.82) is 0 Å². The molecule has 1 heterocycles. The summed E-state index contributed by atoms with van der Waals surface area (Å²) in [4.78, 5) is 26.9. The van der Waals surface area contributed by atoms with Crippen LogP contribution in [0.25, 0.3) is 11.3 Å². The lowest BCUT2D eigenvalue weighted by atomic mass is 10.1.